The molecule has 2 N–H and O–H groups in total. The Hall–Kier alpha value is -1.09. The van der Waals surface area contributed by atoms with E-state index < -0.39 is 0 Å². The minimum absolute atomic E-state index is 0.493. The van der Waals surface area contributed by atoms with Gasteiger partial charge in [-0.3, -0.25) is 4.98 Å². The van der Waals surface area contributed by atoms with Crippen LogP contribution in [0.2, 0.25) is 0 Å². The first-order valence-electron chi connectivity index (χ1n) is 6.66. The summed E-state index contributed by atoms with van der Waals surface area (Å²) in [7, 11) is 0. The number of hydrogen-bond donors (Lipinski definition) is 1. The molecule has 0 aliphatic heterocycles. The van der Waals surface area contributed by atoms with Gasteiger partial charge in [-0.05, 0) is 18.4 Å². The van der Waals surface area contributed by atoms with Gasteiger partial charge in [0, 0.05) is 24.5 Å². The fourth-order valence-electron chi connectivity index (χ4n) is 2.52. The number of aromatic nitrogens is 1. The Morgan fingerprint density at radius 1 is 1.29 bits per heavy atom. The van der Waals surface area contributed by atoms with Gasteiger partial charge in [0.05, 0.1) is 6.61 Å². The molecular formula is C14H22N2O. The number of hydrogen-bond acceptors (Lipinski definition) is 3. The Kier molecular flexibility index (Phi) is 4.80. The van der Waals surface area contributed by atoms with Gasteiger partial charge in [-0.25, -0.2) is 0 Å². The molecule has 1 saturated carbocycles. The zero-order chi connectivity index (χ0) is 11.9. The summed E-state index contributed by atoms with van der Waals surface area (Å²) in [5.74, 6) is 1.77. The average molecular weight is 234 g/mol. The number of rotatable bonds is 5. The van der Waals surface area contributed by atoms with E-state index in [2.05, 4.69) is 4.98 Å². The van der Waals surface area contributed by atoms with Crippen molar-refractivity contribution in [3.63, 3.8) is 0 Å². The monoisotopic (exact) mass is 234 g/mol. The Morgan fingerprint density at radius 2 is 2.12 bits per heavy atom. The van der Waals surface area contributed by atoms with E-state index in [0.29, 0.717) is 6.54 Å². The second-order valence-electron chi connectivity index (χ2n) is 4.83. The number of ether oxygens (including phenoxy) is 1. The molecule has 1 aliphatic rings. The standard InChI is InChI=1S/C14H22N2O/c15-10-13-11-16-8-6-14(13)17-9-7-12-4-2-1-3-5-12/h6,8,11-12H,1-5,7,9-10,15H2. The summed E-state index contributed by atoms with van der Waals surface area (Å²) in [6, 6.07) is 1.91. The molecule has 0 unspecified atom stereocenters. The molecule has 1 aliphatic carbocycles. The first-order chi connectivity index (χ1) is 8.40. The summed E-state index contributed by atoms with van der Waals surface area (Å²) in [6.45, 7) is 1.30. The highest BCUT2D eigenvalue weighted by atomic mass is 16.5. The van der Waals surface area contributed by atoms with Crippen LogP contribution in [0.15, 0.2) is 18.5 Å². The minimum atomic E-state index is 0.493. The summed E-state index contributed by atoms with van der Waals surface area (Å²) in [5.41, 5.74) is 6.64. The van der Waals surface area contributed by atoms with E-state index in [-0.39, 0.29) is 0 Å². The summed E-state index contributed by atoms with van der Waals surface area (Å²) in [4.78, 5) is 4.05. The maximum absolute atomic E-state index is 5.81. The van der Waals surface area contributed by atoms with Gasteiger partial charge < -0.3 is 10.5 Å². The lowest BCUT2D eigenvalue weighted by molar-refractivity contribution is 0.244. The average Bonchev–Trinajstić information content (AvgIpc) is 2.40. The second kappa shape index (κ2) is 6.60. The van der Waals surface area contributed by atoms with Crippen LogP contribution in [-0.4, -0.2) is 11.6 Å². The third kappa shape index (κ3) is 3.70. The van der Waals surface area contributed by atoms with Crippen molar-refractivity contribution < 1.29 is 4.74 Å². The summed E-state index contributed by atoms with van der Waals surface area (Å²) >= 11 is 0. The molecular weight excluding hydrogens is 212 g/mol. The van der Waals surface area contributed by atoms with Crippen LogP contribution < -0.4 is 10.5 Å². The van der Waals surface area contributed by atoms with E-state index in [0.717, 1.165) is 23.8 Å². The molecule has 1 aromatic heterocycles. The van der Waals surface area contributed by atoms with Crippen LogP contribution in [0, 0.1) is 5.92 Å². The van der Waals surface area contributed by atoms with E-state index in [1.54, 1.807) is 12.4 Å². The molecule has 1 heterocycles. The van der Waals surface area contributed by atoms with Gasteiger partial charge >= 0.3 is 0 Å². The van der Waals surface area contributed by atoms with E-state index in [1.807, 2.05) is 6.07 Å². The number of pyridine rings is 1. The summed E-state index contributed by atoms with van der Waals surface area (Å²) in [6.07, 6.45) is 11.7. The molecule has 1 aromatic rings. The smallest absolute Gasteiger partial charge is 0.126 e. The van der Waals surface area contributed by atoms with E-state index >= 15 is 0 Å². The molecule has 2 rings (SSSR count). The normalized spacial score (nSPS) is 17.0. The van der Waals surface area contributed by atoms with Crippen molar-refractivity contribution >= 4 is 0 Å². The molecule has 3 nitrogen and oxygen atoms in total. The van der Waals surface area contributed by atoms with E-state index in [4.69, 9.17) is 10.5 Å². The highest BCUT2D eigenvalue weighted by Gasteiger charge is 2.13. The van der Waals surface area contributed by atoms with Gasteiger partial charge in [-0.1, -0.05) is 32.1 Å². The van der Waals surface area contributed by atoms with Gasteiger partial charge in [-0.15, -0.1) is 0 Å². The molecule has 0 aromatic carbocycles. The molecule has 3 heteroatoms. The lowest BCUT2D eigenvalue weighted by Crippen LogP contribution is -2.11. The van der Waals surface area contributed by atoms with Gasteiger partial charge in [0.15, 0.2) is 0 Å². The fourth-order valence-corrected chi connectivity index (χ4v) is 2.52. The van der Waals surface area contributed by atoms with Crippen molar-refractivity contribution in [3.05, 3.63) is 24.0 Å². The van der Waals surface area contributed by atoms with Gasteiger partial charge in [0.1, 0.15) is 5.75 Å². The number of nitrogens with two attached hydrogens (primary N) is 1. The van der Waals surface area contributed by atoms with Crippen LogP contribution in [0.4, 0.5) is 0 Å². The van der Waals surface area contributed by atoms with Crippen molar-refractivity contribution in [2.45, 2.75) is 45.1 Å². The third-order valence-corrected chi connectivity index (χ3v) is 3.59. The maximum Gasteiger partial charge on any atom is 0.126 e. The van der Waals surface area contributed by atoms with Gasteiger partial charge in [0.2, 0.25) is 0 Å². The van der Waals surface area contributed by atoms with Crippen molar-refractivity contribution in [1.29, 1.82) is 0 Å². The van der Waals surface area contributed by atoms with Crippen molar-refractivity contribution in [2.24, 2.45) is 11.7 Å². The first-order valence-corrected chi connectivity index (χ1v) is 6.66. The van der Waals surface area contributed by atoms with Crippen LogP contribution >= 0.6 is 0 Å². The molecule has 0 amide bonds. The second-order valence-corrected chi connectivity index (χ2v) is 4.83. The van der Waals surface area contributed by atoms with E-state index in [9.17, 15) is 0 Å². The van der Waals surface area contributed by atoms with Gasteiger partial charge in [0.25, 0.3) is 0 Å². The SMILES string of the molecule is NCc1cnccc1OCCC1CCCCC1. The lowest BCUT2D eigenvalue weighted by atomic mass is 9.87. The molecule has 0 bridgehead atoms. The highest BCUT2D eigenvalue weighted by molar-refractivity contribution is 5.29. The fraction of sp³-hybridized carbons (Fsp3) is 0.643. The summed E-state index contributed by atoms with van der Waals surface area (Å²) < 4.78 is 5.81. The predicted octanol–water partition coefficient (Wildman–Crippen LogP) is 2.89. The van der Waals surface area contributed by atoms with E-state index in [1.165, 1.54) is 38.5 Å². The number of nitrogens with zero attached hydrogens (tertiary/aromatic N) is 1. The van der Waals surface area contributed by atoms with Crippen LogP contribution in [0.3, 0.4) is 0 Å². The molecule has 94 valence electrons. The molecule has 0 saturated heterocycles. The van der Waals surface area contributed by atoms with Crippen molar-refractivity contribution in [1.82, 2.24) is 4.98 Å². The van der Waals surface area contributed by atoms with Gasteiger partial charge in [-0.2, -0.15) is 0 Å². The summed E-state index contributed by atoms with van der Waals surface area (Å²) in [5, 5.41) is 0. The Balaban J connectivity index is 1.77. The quantitative estimate of drug-likeness (QED) is 0.852. The molecule has 1 fully saturated rings. The maximum atomic E-state index is 5.81. The molecule has 17 heavy (non-hydrogen) atoms. The van der Waals surface area contributed by atoms with Crippen molar-refractivity contribution in [3.8, 4) is 5.75 Å². The third-order valence-electron chi connectivity index (χ3n) is 3.59. The highest BCUT2D eigenvalue weighted by Crippen LogP contribution is 2.26. The lowest BCUT2D eigenvalue weighted by Gasteiger charge is -2.21. The Morgan fingerprint density at radius 3 is 2.88 bits per heavy atom. The Bertz CT molecular complexity index is 335. The van der Waals surface area contributed by atoms with Crippen molar-refractivity contribution in [2.75, 3.05) is 6.61 Å². The molecule has 0 radical (unpaired) electrons. The largest absolute Gasteiger partial charge is 0.493 e. The minimum Gasteiger partial charge on any atom is -0.493 e. The zero-order valence-corrected chi connectivity index (χ0v) is 10.4. The van der Waals surface area contributed by atoms with Crippen LogP contribution in [0.1, 0.15) is 44.1 Å². The zero-order valence-electron chi connectivity index (χ0n) is 10.4. The Labute approximate surface area is 103 Å². The van der Waals surface area contributed by atoms with Crippen LogP contribution in [0.25, 0.3) is 0 Å². The van der Waals surface area contributed by atoms with Crippen LogP contribution in [-0.2, 0) is 6.54 Å². The molecule has 0 atom stereocenters. The topological polar surface area (TPSA) is 48.1 Å². The van der Waals surface area contributed by atoms with Crippen LogP contribution in [0.5, 0.6) is 5.75 Å². The molecule has 0 spiro atoms. The first kappa shape index (κ1) is 12.4. The predicted molar refractivity (Wildman–Crippen MR) is 68.8 cm³/mol.